The van der Waals surface area contributed by atoms with E-state index in [1.807, 2.05) is 0 Å². The number of carbonyl (C=O) groups is 2. The van der Waals surface area contributed by atoms with E-state index in [9.17, 15) is 36.6 Å². The number of alkyl halides is 3. The lowest BCUT2D eigenvalue weighted by Crippen LogP contribution is -2.38. The molecule has 3 rings (SSSR count). The number of anilines is 3. The highest BCUT2D eigenvalue weighted by molar-refractivity contribution is 5.95. The summed E-state index contributed by atoms with van der Waals surface area (Å²) in [6.07, 6.45) is -5.80. The zero-order valence-electron chi connectivity index (χ0n) is 23.1. The number of rotatable bonds is 9. The molecular formula is C28H29F5N4O5. The number of halogens is 5. The van der Waals surface area contributed by atoms with Crippen LogP contribution in [0.4, 0.5) is 43.8 Å². The van der Waals surface area contributed by atoms with Crippen LogP contribution >= 0.6 is 0 Å². The fraction of sp³-hybridized carbons (Fsp3) is 0.321. The SMILES string of the molecule is COc1ccc(N)c(CCN(Cc2cc(F)ccc2Nc2cc(C(F)(F)F)c(F)cc2C(=O)O)C(=O)OC(C)(C)C)n1. The van der Waals surface area contributed by atoms with Crippen molar-refractivity contribution in [2.45, 2.75) is 45.5 Å². The van der Waals surface area contributed by atoms with Gasteiger partial charge in [0.2, 0.25) is 5.88 Å². The zero-order chi connectivity index (χ0) is 31.4. The Balaban J connectivity index is 2.02. The predicted molar refractivity (Wildman–Crippen MR) is 144 cm³/mol. The first-order chi connectivity index (χ1) is 19.5. The number of hydrogen-bond donors (Lipinski definition) is 3. The van der Waals surface area contributed by atoms with Gasteiger partial charge >= 0.3 is 18.2 Å². The molecule has 0 aliphatic heterocycles. The Morgan fingerprint density at radius 2 is 1.74 bits per heavy atom. The van der Waals surface area contributed by atoms with Crippen molar-refractivity contribution in [1.82, 2.24) is 9.88 Å². The molecule has 226 valence electrons. The van der Waals surface area contributed by atoms with E-state index in [-0.39, 0.29) is 42.7 Å². The highest BCUT2D eigenvalue weighted by atomic mass is 19.4. The van der Waals surface area contributed by atoms with Crippen LogP contribution in [-0.2, 0) is 23.9 Å². The van der Waals surface area contributed by atoms with E-state index in [1.165, 1.54) is 12.0 Å². The normalized spacial score (nSPS) is 11.6. The second kappa shape index (κ2) is 12.5. The highest BCUT2D eigenvalue weighted by Gasteiger charge is 2.36. The molecule has 0 bridgehead atoms. The number of benzene rings is 2. The molecule has 0 atom stereocenters. The molecule has 1 heterocycles. The predicted octanol–water partition coefficient (Wildman–Crippen LogP) is 6.39. The number of nitrogen functional groups attached to an aromatic ring is 1. The minimum Gasteiger partial charge on any atom is -0.481 e. The molecule has 42 heavy (non-hydrogen) atoms. The molecule has 4 N–H and O–H groups in total. The van der Waals surface area contributed by atoms with Crippen LogP contribution in [0.1, 0.15) is 48.0 Å². The van der Waals surface area contributed by atoms with Crippen molar-refractivity contribution >= 4 is 29.1 Å². The van der Waals surface area contributed by atoms with E-state index in [1.54, 1.807) is 32.9 Å². The highest BCUT2D eigenvalue weighted by Crippen LogP contribution is 2.36. The van der Waals surface area contributed by atoms with Crippen molar-refractivity contribution in [3.05, 3.63) is 76.5 Å². The van der Waals surface area contributed by atoms with E-state index in [0.29, 0.717) is 17.4 Å². The number of nitrogens with two attached hydrogens (primary N) is 1. The molecule has 2 aromatic carbocycles. The number of pyridine rings is 1. The van der Waals surface area contributed by atoms with Crippen molar-refractivity contribution in [3.63, 3.8) is 0 Å². The van der Waals surface area contributed by atoms with Crippen LogP contribution in [0, 0.1) is 11.6 Å². The van der Waals surface area contributed by atoms with Crippen molar-refractivity contribution < 1.29 is 46.1 Å². The largest absolute Gasteiger partial charge is 0.481 e. The van der Waals surface area contributed by atoms with Crippen molar-refractivity contribution in [2.75, 3.05) is 24.7 Å². The van der Waals surface area contributed by atoms with Gasteiger partial charge in [0.15, 0.2) is 0 Å². The smallest absolute Gasteiger partial charge is 0.419 e. The van der Waals surface area contributed by atoms with Gasteiger partial charge in [0.05, 0.1) is 41.9 Å². The molecule has 0 aliphatic rings. The number of methoxy groups -OCH3 is 1. The molecule has 0 aliphatic carbocycles. The van der Waals surface area contributed by atoms with Crippen LogP contribution < -0.4 is 15.8 Å². The van der Waals surface area contributed by atoms with E-state index < -0.39 is 52.3 Å². The third kappa shape index (κ3) is 8.21. The van der Waals surface area contributed by atoms with Crippen LogP contribution in [-0.4, -0.2) is 46.3 Å². The van der Waals surface area contributed by atoms with Gasteiger partial charge < -0.3 is 30.5 Å². The van der Waals surface area contributed by atoms with Gasteiger partial charge in [0.25, 0.3) is 0 Å². The molecule has 9 nitrogen and oxygen atoms in total. The number of nitrogens with zero attached hydrogens (tertiary/aromatic N) is 2. The van der Waals surface area contributed by atoms with E-state index in [2.05, 4.69) is 10.3 Å². The molecule has 0 fully saturated rings. The molecule has 3 aromatic rings. The molecule has 1 aromatic heterocycles. The average molecular weight is 597 g/mol. The first-order valence-electron chi connectivity index (χ1n) is 12.4. The second-order valence-electron chi connectivity index (χ2n) is 10.1. The Bertz CT molecular complexity index is 1470. The summed E-state index contributed by atoms with van der Waals surface area (Å²) >= 11 is 0. The molecule has 0 spiro atoms. The van der Waals surface area contributed by atoms with E-state index in [0.717, 1.165) is 18.2 Å². The summed E-state index contributed by atoms with van der Waals surface area (Å²) in [6, 6.07) is 6.85. The van der Waals surface area contributed by atoms with Crippen LogP contribution in [0.2, 0.25) is 0 Å². The minimum absolute atomic E-state index is 0.0359. The lowest BCUT2D eigenvalue weighted by atomic mass is 10.1. The summed E-state index contributed by atoms with van der Waals surface area (Å²) in [5, 5.41) is 12.0. The molecule has 0 saturated carbocycles. The summed E-state index contributed by atoms with van der Waals surface area (Å²) in [6.45, 7) is 4.55. The van der Waals surface area contributed by atoms with Crippen molar-refractivity contribution in [2.24, 2.45) is 0 Å². The Kier molecular flexibility index (Phi) is 9.49. The van der Waals surface area contributed by atoms with E-state index in [4.69, 9.17) is 15.2 Å². The summed E-state index contributed by atoms with van der Waals surface area (Å²) in [4.78, 5) is 30.3. The Morgan fingerprint density at radius 3 is 2.33 bits per heavy atom. The lowest BCUT2D eigenvalue weighted by Gasteiger charge is -2.28. The maximum Gasteiger partial charge on any atom is 0.419 e. The first-order valence-corrected chi connectivity index (χ1v) is 12.4. The number of nitrogens with one attached hydrogen (secondary N) is 1. The van der Waals surface area contributed by atoms with Crippen LogP contribution in [0.25, 0.3) is 0 Å². The van der Waals surface area contributed by atoms with Gasteiger partial charge in [-0.25, -0.2) is 23.4 Å². The molecule has 1 amide bonds. The number of amides is 1. The summed E-state index contributed by atoms with van der Waals surface area (Å²) in [7, 11) is 1.42. The van der Waals surface area contributed by atoms with Crippen molar-refractivity contribution in [3.8, 4) is 5.88 Å². The molecular weight excluding hydrogens is 567 g/mol. The number of carbonyl (C=O) groups excluding carboxylic acids is 1. The summed E-state index contributed by atoms with van der Waals surface area (Å²) in [5.74, 6) is -3.93. The molecule has 14 heteroatoms. The Morgan fingerprint density at radius 1 is 1.05 bits per heavy atom. The van der Waals surface area contributed by atoms with Gasteiger partial charge in [-0.15, -0.1) is 0 Å². The van der Waals surface area contributed by atoms with Gasteiger partial charge in [-0.05, 0) is 62.7 Å². The quantitative estimate of drug-likeness (QED) is 0.243. The first kappa shape index (κ1) is 31.9. The number of carboxylic acid groups (broad SMARTS) is 1. The maximum absolute atomic E-state index is 14.4. The Labute approximate surface area is 238 Å². The van der Waals surface area contributed by atoms with E-state index >= 15 is 0 Å². The summed E-state index contributed by atoms with van der Waals surface area (Å²) < 4.78 is 79.3. The van der Waals surface area contributed by atoms with Crippen LogP contribution in [0.5, 0.6) is 5.88 Å². The van der Waals surface area contributed by atoms with Gasteiger partial charge in [-0.1, -0.05) is 0 Å². The number of aromatic nitrogens is 1. The zero-order valence-corrected chi connectivity index (χ0v) is 23.1. The number of hydrogen-bond acceptors (Lipinski definition) is 7. The average Bonchev–Trinajstić information content (AvgIpc) is 2.87. The molecule has 0 radical (unpaired) electrons. The third-order valence-electron chi connectivity index (χ3n) is 5.80. The van der Waals surface area contributed by atoms with Crippen LogP contribution in [0.15, 0.2) is 42.5 Å². The maximum atomic E-state index is 14.4. The number of aromatic carboxylic acids is 1. The fourth-order valence-electron chi connectivity index (χ4n) is 3.84. The number of carboxylic acids is 1. The van der Waals surface area contributed by atoms with Crippen molar-refractivity contribution in [1.29, 1.82) is 0 Å². The van der Waals surface area contributed by atoms with Gasteiger partial charge in [-0.2, -0.15) is 13.2 Å². The van der Waals surface area contributed by atoms with Gasteiger partial charge in [-0.3, -0.25) is 0 Å². The molecule has 0 saturated heterocycles. The van der Waals surface area contributed by atoms with Gasteiger partial charge in [0, 0.05) is 24.7 Å². The lowest BCUT2D eigenvalue weighted by molar-refractivity contribution is -0.139. The fourth-order valence-corrected chi connectivity index (χ4v) is 3.84. The van der Waals surface area contributed by atoms with Gasteiger partial charge in [0.1, 0.15) is 17.2 Å². The molecule has 0 unspecified atom stereocenters. The minimum atomic E-state index is -5.12. The second-order valence-corrected chi connectivity index (χ2v) is 10.1. The number of ether oxygens (including phenoxy) is 2. The standard InChI is InChI=1S/C28H29F5N4O5/c1-27(2,3)42-26(40)37(10-9-22-20(34)6-8-24(36-22)41-4)14-15-11-16(29)5-7-21(15)35-23-13-18(28(31,32)33)19(30)12-17(23)25(38)39/h5-8,11-13,35H,9-10,14,34H2,1-4H3,(H,38,39). The van der Waals surface area contributed by atoms with Crippen LogP contribution in [0.3, 0.4) is 0 Å². The monoisotopic (exact) mass is 596 g/mol. The Hall–Kier alpha value is -4.62. The topological polar surface area (TPSA) is 127 Å². The summed E-state index contributed by atoms with van der Waals surface area (Å²) in [5.41, 5.74) is 2.76. The third-order valence-corrected chi connectivity index (χ3v) is 5.80.